The minimum absolute atomic E-state index is 0.339. The monoisotopic (exact) mass is 493 g/mol. The first-order valence-electron chi connectivity index (χ1n) is 11.1. The summed E-state index contributed by atoms with van der Waals surface area (Å²) < 4.78 is 17.7. The van der Waals surface area contributed by atoms with E-state index in [0.29, 0.717) is 51.1 Å². The van der Waals surface area contributed by atoms with Crippen molar-refractivity contribution < 1.29 is 18.8 Å². The van der Waals surface area contributed by atoms with Gasteiger partial charge in [-0.05, 0) is 44.4 Å². The molecule has 1 N–H and O–H groups in total. The van der Waals surface area contributed by atoms with E-state index in [1.165, 1.54) is 14.2 Å². The molecule has 0 spiro atoms. The molecule has 35 heavy (non-hydrogen) atoms. The number of benzene rings is 2. The van der Waals surface area contributed by atoms with Crippen LogP contribution in [0.1, 0.15) is 46.3 Å². The number of aromatic nitrogens is 4. The Kier molecular flexibility index (Phi) is 5.94. The number of hydrogen-bond acceptors (Lipinski definition) is 7. The molecule has 2 heterocycles. The van der Waals surface area contributed by atoms with E-state index in [1.807, 2.05) is 25.1 Å². The number of anilines is 1. The van der Waals surface area contributed by atoms with Crippen molar-refractivity contribution in [2.75, 3.05) is 19.5 Å². The first-order chi connectivity index (χ1) is 16.9. The smallest absolute Gasteiger partial charge is 0.259 e. The fourth-order valence-corrected chi connectivity index (χ4v) is 4.04. The lowest BCUT2D eigenvalue weighted by Gasteiger charge is -2.12. The number of carbonyl (C=O) groups is 1. The third-order valence-corrected chi connectivity index (χ3v) is 6.24. The summed E-state index contributed by atoms with van der Waals surface area (Å²) in [5.41, 5.74) is 4.03. The maximum absolute atomic E-state index is 13.1. The average molecular weight is 494 g/mol. The van der Waals surface area contributed by atoms with Crippen LogP contribution in [0.3, 0.4) is 0 Å². The molecular weight excluding hydrogens is 470 g/mol. The van der Waals surface area contributed by atoms with E-state index < -0.39 is 0 Å². The second kappa shape index (κ2) is 9.07. The Morgan fingerprint density at radius 2 is 1.91 bits per heavy atom. The largest absolute Gasteiger partial charge is 0.495 e. The van der Waals surface area contributed by atoms with Crippen LogP contribution in [0, 0.1) is 13.8 Å². The maximum Gasteiger partial charge on any atom is 0.259 e. The van der Waals surface area contributed by atoms with E-state index in [-0.39, 0.29) is 5.91 Å². The highest BCUT2D eigenvalue weighted by Crippen LogP contribution is 2.40. The molecule has 5 rings (SSSR count). The highest BCUT2D eigenvalue weighted by atomic mass is 35.5. The van der Waals surface area contributed by atoms with Gasteiger partial charge in [-0.3, -0.25) is 4.79 Å². The van der Waals surface area contributed by atoms with E-state index in [2.05, 4.69) is 20.6 Å². The quantitative estimate of drug-likeness (QED) is 0.370. The highest BCUT2D eigenvalue weighted by molar-refractivity contribution is 6.32. The molecular formula is C25H24ClN5O4. The molecule has 1 amide bonds. The summed E-state index contributed by atoms with van der Waals surface area (Å²) >= 11 is 6.24. The molecule has 1 aliphatic rings. The Morgan fingerprint density at radius 1 is 1.14 bits per heavy atom. The summed E-state index contributed by atoms with van der Waals surface area (Å²) in [4.78, 5) is 17.7. The van der Waals surface area contributed by atoms with Gasteiger partial charge in [-0.15, -0.1) is 0 Å². The molecule has 0 radical (unpaired) electrons. The molecule has 10 heteroatoms. The van der Waals surface area contributed by atoms with Crippen LogP contribution in [0.2, 0.25) is 5.02 Å². The van der Waals surface area contributed by atoms with Crippen LogP contribution >= 0.6 is 11.6 Å². The van der Waals surface area contributed by atoms with Gasteiger partial charge in [-0.2, -0.15) is 10.1 Å². The normalized spacial score (nSPS) is 13.1. The first kappa shape index (κ1) is 22.9. The van der Waals surface area contributed by atoms with Crippen molar-refractivity contribution in [3.63, 3.8) is 0 Å². The van der Waals surface area contributed by atoms with Gasteiger partial charge in [0.2, 0.25) is 11.7 Å². The number of nitrogens with zero attached hydrogens (tertiary/aromatic N) is 4. The van der Waals surface area contributed by atoms with Crippen molar-refractivity contribution in [3.05, 3.63) is 64.3 Å². The summed E-state index contributed by atoms with van der Waals surface area (Å²) in [6.07, 6.45) is 3.87. The van der Waals surface area contributed by atoms with Gasteiger partial charge in [0.15, 0.2) is 0 Å². The molecule has 0 saturated heterocycles. The summed E-state index contributed by atoms with van der Waals surface area (Å²) in [7, 11) is 3.02. The predicted molar refractivity (Wildman–Crippen MR) is 131 cm³/mol. The van der Waals surface area contributed by atoms with Crippen molar-refractivity contribution >= 4 is 23.2 Å². The van der Waals surface area contributed by atoms with Crippen molar-refractivity contribution in [2.24, 2.45) is 0 Å². The fraction of sp³-hybridized carbons (Fsp3) is 0.280. The topological polar surface area (TPSA) is 104 Å². The summed E-state index contributed by atoms with van der Waals surface area (Å²) in [6, 6.07) is 9.07. The number of carbonyl (C=O) groups excluding carboxylic acids is 1. The van der Waals surface area contributed by atoms with Gasteiger partial charge in [0.25, 0.3) is 5.91 Å². The molecule has 0 aliphatic heterocycles. The highest BCUT2D eigenvalue weighted by Gasteiger charge is 2.30. The van der Waals surface area contributed by atoms with Crippen LogP contribution in [0.5, 0.6) is 11.5 Å². The van der Waals surface area contributed by atoms with E-state index in [1.54, 1.807) is 29.9 Å². The molecule has 2 aromatic heterocycles. The average Bonchev–Trinajstić information content (AvgIpc) is 3.44. The molecule has 1 saturated carbocycles. The minimum atomic E-state index is -0.339. The second-order valence-electron chi connectivity index (χ2n) is 8.45. The lowest BCUT2D eigenvalue weighted by atomic mass is 10.1. The zero-order chi connectivity index (χ0) is 24.7. The van der Waals surface area contributed by atoms with Gasteiger partial charge < -0.3 is 19.3 Å². The van der Waals surface area contributed by atoms with Gasteiger partial charge in [0, 0.05) is 23.7 Å². The molecule has 0 atom stereocenters. The zero-order valence-electron chi connectivity index (χ0n) is 19.8. The van der Waals surface area contributed by atoms with Gasteiger partial charge in [-0.1, -0.05) is 28.9 Å². The van der Waals surface area contributed by atoms with E-state index >= 15 is 0 Å². The van der Waals surface area contributed by atoms with Crippen LogP contribution in [-0.4, -0.2) is 40.0 Å². The first-order valence-corrected chi connectivity index (χ1v) is 11.5. The molecule has 0 unspecified atom stereocenters. The molecule has 180 valence electrons. The lowest BCUT2D eigenvalue weighted by molar-refractivity contribution is 0.102. The summed E-state index contributed by atoms with van der Waals surface area (Å²) in [5, 5.41) is 11.9. The Labute approximate surface area is 207 Å². The Bertz CT molecular complexity index is 1420. The van der Waals surface area contributed by atoms with Crippen LogP contribution in [0.25, 0.3) is 17.1 Å². The molecule has 0 bridgehead atoms. The molecule has 1 aliphatic carbocycles. The number of methoxy groups -OCH3 is 2. The van der Waals surface area contributed by atoms with Crippen molar-refractivity contribution in [1.29, 1.82) is 0 Å². The Morgan fingerprint density at radius 3 is 2.63 bits per heavy atom. The van der Waals surface area contributed by atoms with Gasteiger partial charge in [-0.25, -0.2) is 4.68 Å². The summed E-state index contributed by atoms with van der Waals surface area (Å²) in [5.74, 6) is 2.15. The number of halogens is 1. The van der Waals surface area contributed by atoms with Gasteiger partial charge >= 0.3 is 0 Å². The van der Waals surface area contributed by atoms with Crippen LogP contribution < -0.4 is 14.8 Å². The number of rotatable bonds is 7. The van der Waals surface area contributed by atoms with Crippen molar-refractivity contribution in [1.82, 2.24) is 19.9 Å². The number of ether oxygens (including phenoxy) is 2. The van der Waals surface area contributed by atoms with Crippen LogP contribution in [0.4, 0.5) is 5.69 Å². The van der Waals surface area contributed by atoms with Gasteiger partial charge in [0.1, 0.15) is 11.5 Å². The van der Waals surface area contributed by atoms with Gasteiger partial charge in [0.05, 0.1) is 41.9 Å². The lowest BCUT2D eigenvalue weighted by Crippen LogP contribution is -2.13. The molecule has 1 fully saturated rings. The predicted octanol–water partition coefficient (Wildman–Crippen LogP) is 5.34. The fourth-order valence-electron chi connectivity index (χ4n) is 3.80. The Balaban J connectivity index is 1.43. The minimum Gasteiger partial charge on any atom is -0.495 e. The number of hydrogen-bond donors (Lipinski definition) is 1. The number of aryl methyl sites for hydroxylation is 2. The summed E-state index contributed by atoms with van der Waals surface area (Å²) in [6.45, 7) is 3.76. The standard InChI is InChI=1S/C25H24ClN5O4/c1-13-5-6-16(23-28-25(35-30-23)15-7-8-15)9-20(13)31-12-17(14(2)29-31)24(32)27-19-10-18(26)21(33-3)11-22(19)34-4/h5-6,9-12,15H,7-8H2,1-4H3,(H,27,32). The third-order valence-electron chi connectivity index (χ3n) is 5.95. The maximum atomic E-state index is 13.1. The van der Waals surface area contributed by atoms with Crippen molar-refractivity contribution in [3.8, 4) is 28.6 Å². The SMILES string of the molecule is COc1cc(OC)c(NC(=O)c2cn(-c3cc(-c4noc(C5CC5)n4)ccc3C)nc2C)cc1Cl. The zero-order valence-corrected chi connectivity index (χ0v) is 20.5. The second-order valence-corrected chi connectivity index (χ2v) is 8.85. The van der Waals surface area contributed by atoms with Crippen LogP contribution in [0.15, 0.2) is 41.1 Å². The molecule has 9 nitrogen and oxygen atoms in total. The van der Waals surface area contributed by atoms with Crippen molar-refractivity contribution in [2.45, 2.75) is 32.6 Å². The van der Waals surface area contributed by atoms with E-state index in [9.17, 15) is 4.79 Å². The molecule has 2 aromatic carbocycles. The Hall–Kier alpha value is -3.85. The number of nitrogens with one attached hydrogen (secondary N) is 1. The van der Waals surface area contributed by atoms with E-state index in [4.69, 9.17) is 25.6 Å². The third kappa shape index (κ3) is 4.46. The number of amides is 1. The van der Waals surface area contributed by atoms with Crippen LogP contribution in [-0.2, 0) is 0 Å². The molecule has 4 aromatic rings. The van der Waals surface area contributed by atoms with E-state index in [0.717, 1.165) is 29.7 Å².